The second-order valence-corrected chi connectivity index (χ2v) is 4.27. The van der Waals surface area contributed by atoms with E-state index in [1.54, 1.807) is 0 Å². The van der Waals surface area contributed by atoms with Crippen LogP contribution in [0.5, 0.6) is 0 Å². The highest BCUT2D eigenvalue weighted by atomic mass is 16.5. The maximum Gasteiger partial charge on any atom is 0.223 e. The summed E-state index contributed by atoms with van der Waals surface area (Å²) in [6, 6.07) is 1.85. The maximum absolute atomic E-state index is 5.65. The van der Waals surface area contributed by atoms with Gasteiger partial charge in [-0.25, -0.2) is 0 Å². The molecule has 1 aromatic heterocycles. The predicted molar refractivity (Wildman–Crippen MR) is 74.8 cm³/mol. The largest absolute Gasteiger partial charge is 0.377 e. The Morgan fingerprint density at radius 3 is 2.39 bits per heavy atom. The minimum atomic E-state index is 0.240. The summed E-state index contributed by atoms with van der Waals surface area (Å²) in [6.45, 7) is 8.32. The molecule has 4 N–H and O–H groups in total. The van der Waals surface area contributed by atoms with E-state index >= 15 is 0 Å². The Kier molecular flexibility index (Phi) is 6.21. The Balaban J connectivity index is 2.46. The fourth-order valence-electron chi connectivity index (χ4n) is 1.37. The van der Waals surface area contributed by atoms with Crippen molar-refractivity contribution in [3.05, 3.63) is 6.07 Å². The minimum absolute atomic E-state index is 0.240. The van der Waals surface area contributed by atoms with Crippen molar-refractivity contribution in [1.82, 2.24) is 9.97 Å². The highest BCUT2D eigenvalue weighted by Gasteiger charge is 2.01. The van der Waals surface area contributed by atoms with Crippen LogP contribution in [0.15, 0.2) is 6.07 Å². The van der Waals surface area contributed by atoms with Crippen LogP contribution in [-0.4, -0.2) is 35.8 Å². The molecular formula is C12H23N5O. The Morgan fingerprint density at radius 1 is 1.22 bits per heavy atom. The number of hydrogen-bond donors (Lipinski definition) is 3. The average Bonchev–Trinajstić information content (AvgIpc) is 2.31. The zero-order chi connectivity index (χ0) is 13.4. The molecule has 0 bridgehead atoms. The first kappa shape index (κ1) is 14.5. The molecule has 1 heterocycles. The third-order valence-electron chi connectivity index (χ3n) is 2.16. The number of ether oxygens (including phenoxy) is 1. The topological polar surface area (TPSA) is 85.1 Å². The van der Waals surface area contributed by atoms with E-state index in [4.69, 9.17) is 10.5 Å². The van der Waals surface area contributed by atoms with Gasteiger partial charge in [0, 0.05) is 19.2 Å². The van der Waals surface area contributed by atoms with Gasteiger partial charge in [-0.05, 0) is 20.3 Å². The lowest BCUT2D eigenvalue weighted by Gasteiger charge is -2.11. The van der Waals surface area contributed by atoms with Gasteiger partial charge in [0.15, 0.2) is 0 Å². The number of nitrogens with zero attached hydrogens (tertiary/aromatic N) is 2. The van der Waals surface area contributed by atoms with E-state index in [-0.39, 0.29) is 12.1 Å². The fourth-order valence-corrected chi connectivity index (χ4v) is 1.37. The smallest absolute Gasteiger partial charge is 0.223 e. The second-order valence-electron chi connectivity index (χ2n) is 4.27. The van der Waals surface area contributed by atoms with Crippen LogP contribution < -0.4 is 16.4 Å². The van der Waals surface area contributed by atoms with Crippen LogP contribution in [0.4, 0.5) is 17.6 Å². The molecule has 0 aliphatic rings. The van der Waals surface area contributed by atoms with E-state index in [1.165, 1.54) is 0 Å². The lowest BCUT2D eigenvalue weighted by molar-refractivity contribution is 0.0870. The molecule has 0 amide bonds. The standard InChI is InChI=1S/C12H23N5O/c1-4-5-14-10-8-11(17-12(13)16-10)15-6-7-18-9(2)3/h8-9H,4-7H2,1-3H3,(H4,13,14,15,16,17). The number of nitrogens with two attached hydrogens (primary N) is 1. The molecule has 0 atom stereocenters. The van der Waals surface area contributed by atoms with Crippen LogP contribution in [0.3, 0.4) is 0 Å². The van der Waals surface area contributed by atoms with Gasteiger partial charge in [0.2, 0.25) is 5.95 Å². The molecule has 0 aromatic carbocycles. The molecule has 6 nitrogen and oxygen atoms in total. The summed E-state index contributed by atoms with van der Waals surface area (Å²) >= 11 is 0. The van der Waals surface area contributed by atoms with Crippen molar-refractivity contribution in [3.8, 4) is 0 Å². The Labute approximate surface area is 108 Å². The molecule has 102 valence electrons. The lowest BCUT2D eigenvalue weighted by Crippen LogP contribution is -2.15. The van der Waals surface area contributed by atoms with Crippen molar-refractivity contribution in [2.45, 2.75) is 33.3 Å². The summed E-state index contributed by atoms with van der Waals surface area (Å²) in [7, 11) is 0. The van der Waals surface area contributed by atoms with Crippen LogP contribution in [0.25, 0.3) is 0 Å². The van der Waals surface area contributed by atoms with Gasteiger partial charge in [0.05, 0.1) is 12.7 Å². The van der Waals surface area contributed by atoms with Gasteiger partial charge in [-0.2, -0.15) is 9.97 Å². The van der Waals surface area contributed by atoms with E-state index in [1.807, 2.05) is 19.9 Å². The van der Waals surface area contributed by atoms with E-state index in [2.05, 4.69) is 27.5 Å². The zero-order valence-corrected chi connectivity index (χ0v) is 11.4. The normalized spacial score (nSPS) is 10.7. The fraction of sp³-hybridized carbons (Fsp3) is 0.667. The summed E-state index contributed by atoms with van der Waals surface area (Å²) in [4.78, 5) is 8.23. The zero-order valence-electron chi connectivity index (χ0n) is 11.4. The summed E-state index contributed by atoms with van der Waals surface area (Å²) in [5, 5.41) is 6.34. The molecule has 1 rings (SSSR count). The van der Waals surface area contributed by atoms with Crippen LogP contribution in [-0.2, 0) is 4.74 Å². The van der Waals surface area contributed by atoms with Gasteiger partial charge >= 0.3 is 0 Å². The summed E-state index contributed by atoms with van der Waals surface area (Å²) in [5.41, 5.74) is 5.65. The average molecular weight is 253 g/mol. The number of nitrogens with one attached hydrogen (secondary N) is 2. The van der Waals surface area contributed by atoms with Crippen molar-refractivity contribution in [1.29, 1.82) is 0 Å². The highest BCUT2D eigenvalue weighted by Crippen LogP contribution is 2.12. The van der Waals surface area contributed by atoms with E-state index in [9.17, 15) is 0 Å². The second kappa shape index (κ2) is 7.71. The molecule has 6 heteroatoms. The summed E-state index contributed by atoms with van der Waals surface area (Å²) in [5.74, 6) is 1.73. The molecule has 0 aliphatic heterocycles. The molecule has 1 aromatic rings. The molecule has 0 unspecified atom stereocenters. The molecule has 0 spiro atoms. The Bertz CT molecular complexity index is 356. The number of anilines is 3. The molecule has 0 radical (unpaired) electrons. The lowest BCUT2D eigenvalue weighted by atomic mass is 10.4. The Hall–Kier alpha value is -1.56. The van der Waals surface area contributed by atoms with Gasteiger partial charge in [-0.15, -0.1) is 0 Å². The summed E-state index contributed by atoms with van der Waals surface area (Å²) in [6.07, 6.45) is 1.28. The number of nitrogen functional groups attached to an aromatic ring is 1. The van der Waals surface area contributed by atoms with E-state index < -0.39 is 0 Å². The van der Waals surface area contributed by atoms with Crippen LogP contribution >= 0.6 is 0 Å². The first-order valence-electron chi connectivity index (χ1n) is 6.35. The quantitative estimate of drug-likeness (QED) is 0.612. The monoisotopic (exact) mass is 253 g/mol. The van der Waals surface area contributed by atoms with Crippen molar-refractivity contribution in [2.75, 3.05) is 36.1 Å². The van der Waals surface area contributed by atoms with Gasteiger partial charge in [0.1, 0.15) is 11.6 Å². The van der Waals surface area contributed by atoms with Gasteiger partial charge in [-0.3, -0.25) is 0 Å². The van der Waals surface area contributed by atoms with Gasteiger partial charge in [-0.1, -0.05) is 6.92 Å². The molecule has 0 saturated carbocycles. The molecular weight excluding hydrogens is 230 g/mol. The van der Waals surface area contributed by atoms with Crippen molar-refractivity contribution in [2.24, 2.45) is 0 Å². The van der Waals surface area contributed by atoms with Crippen molar-refractivity contribution in [3.63, 3.8) is 0 Å². The van der Waals surface area contributed by atoms with Crippen molar-refractivity contribution >= 4 is 17.6 Å². The van der Waals surface area contributed by atoms with Crippen LogP contribution in [0.1, 0.15) is 27.2 Å². The molecule has 0 aliphatic carbocycles. The maximum atomic E-state index is 5.65. The first-order valence-corrected chi connectivity index (χ1v) is 6.35. The van der Waals surface area contributed by atoms with Crippen molar-refractivity contribution < 1.29 is 4.74 Å². The first-order chi connectivity index (χ1) is 8.61. The predicted octanol–water partition coefficient (Wildman–Crippen LogP) is 1.72. The number of hydrogen-bond acceptors (Lipinski definition) is 6. The van der Waals surface area contributed by atoms with Crippen LogP contribution in [0.2, 0.25) is 0 Å². The SMILES string of the molecule is CCCNc1cc(NCCOC(C)C)nc(N)n1. The van der Waals surface area contributed by atoms with Gasteiger partial charge in [0.25, 0.3) is 0 Å². The number of rotatable bonds is 8. The van der Waals surface area contributed by atoms with E-state index in [0.717, 1.165) is 18.8 Å². The van der Waals surface area contributed by atoms with Crippen LogP contribution in [0, 0.1) is 0 Å². The molecule has 0 fully saturated rings. The Morgan fingerprint density at radius 2 is 1.83 bits per heavy atom. The molecule has 0 saturated heterocycles. The molecule has 18 heavy (non-hydrogen) atoms. The third-order valence-corrected chi connectivity index (χ3v) is 2.16. The van der Waals surface area contributed by atoms with E-state index in [0.29, 0.717) is 19.0 Å². The van der Waals surface area contributed by atoms with Gasteiger partial charge < -0.3 is 21.1 Å². The third kappa shape index (κ3) is 5.67. The summed E-state index contributed by atoms with van der Waals surface area (Å²) < 4.78 is 5.44. The highest BCUT2D eigenvalue weighted by molar-refractivity contribution is 5.50. The minimum Gasteiger partial charge on any atom is -0.377 e. The number of aromatic nitrogens is 2.